The zero-order valence-electron chi connectivity index (χ0n) is 20.2. The van der Waals surface area contributed by atoms with E-state index in [-0.39, 0.29) is 22.6 Å². The largest absolute Gasteiger partial charge is 0.272 e. The zero-order valence-corrected chi connectivity index (χ0v) is 22.6. The summed E-state index contributed by atoms with van der Waals surface area (Å²) in [7, 11) is 0. The third-order valence-electron chi connectivity index (χ3n) is 6.33. The zero-order chi connectivity index (χ0) is 24.7. The molecule has 2 atom stereocenters. The second-order valence-electron chi connectivity index (χ2n) is 9.39. The molecule has 4 rings (SSSR count). The fourth-order valence-corrected chi connectivity index (χ4v) is 6.57. The van der Waals surface area contributed by atoms with Gasteiger partial charge in [0.1, 0.15) is 6.61 Å². The average molecular weight is 526 g/mol. The molecule has 3 nitrogen and oxygen atoms in total. The van der Waals surface area contributed by atoms with Gasteiger partial charge in [0.05, 0.1) is 12.0 Å². The maximum absolute atomic E-state index is 13.5. The van der Waals surface area contributed by atoms with Gasteiger partial charge in [-0.15, -0.1) is 11.8 Å². The Hall–Kier alpha value is -1.92. The van der Waals surface area contributed by atoms with Crippen molar-refractivity contribution in [3.8, 4) is 0 Å². The lowest BCUT2D eigenvalue weighted by molar-refractivity contribution is -0.198. The maximum Gasteiger partial charge on any atom is 0.250 e. The van der Waals surface area contributed by atoms with Gasteiger partial charge in [-0.3, -0.25) is 9.63 Å². The van der Waals surface area contributed by atoms with Crippen LogP contribution in [0.15, 0.2) is 84.9 Å². The lowest BCUT2D eigenvalue weighted by Gasteiger charge is -2.36. The van der Waals surface area contributed by atoms with Gasteiger partial charge < -0.3 is 0 Å². The summed E-state index contributed by atoms with van der Waals surface area (Å²) in [5.74, 6) is 2.66. The Morgan fingerprint density at radius 3 is 2.11 bits per heavy atom. The summed E-state index contributed by atoms with van der Waals surface area (Å²) in [6, 6.07) is 28.5. The molecule has 184 valence electrons. The third kappa shape index (κ3) is 7.29. The molecule has 6 heteroatoms. The molecule has 3 aromatic carbocycles. The van der Waals surface area contributed by atoms with Crippen LogP contribution in [0.5, 0.6) is 0 Å². The lowest BCUT2D eigenvalue weighted by Crippen LogP contribution is -2.45. The van der Waals surface area contributed by atoms with Crippen molar-refractivity contribution in [3.63, 3.8) is 0 Å². The number of carbonyl (C=O) groups excluding carboxylic acids is 1. The van der Waals surface area contributed by atoms with Crippen LogP contribution in [-0.2, 0) is 27.7 Å². The molecule has 0 spiro atoms. The van der Waals surface area contributed by atoms with Gasteiger partial charge in [-0.25, -0.2) is 5.06 Å². The quantitative estimate of drug-likeness (QED) is 0.257. The fourth-order valence-electron chi connectivity index (χ4n) is 4.22. The third-order valence-corrected chi connectivity index (χ3v) is 9.25. The molecule has 1 aliphatic heterocycles. The van der Waals surface area contributed by atoms with Crippen LogP contribution in [0, 0.1) is 5.92 Å². The van der Waals surface area contributed by atoms with Crippen LogP contribution in [-0.4, -0.2) is 27.5 Å². The number of halogens is 1. The molecule has 2 unspecified atom stereocenters. The first kappa shape index (κ1) is 26.2. The first-order valence-corrected chi connectivity index (χ1v) is 14.4. The summed E-state index contributed by atoms with van der Waals surface area (Å²) < 4.78 is -0.162. The van der Waals surface area contributed by atoms with Gasteiger partial charge in [0.2, 0.25) is 5.91 Å². The van der Waals surface area contributed by atoms with Gasteiger partial charge in [0, 0.05) is 27.0 Å². The summed E-state index contributed by atoms with van der Waals surface area (Å²) in [5, 5.41) is 2.37. The topological polar surface area (TPSA) is 29.5 Å². The molecule has 0 saturated carbocycles. The van der Waals surface area contributed by atoms with E-state index in [0.717, 1.165) is 29.2 Å². The minimum absolute atomic E-state index is 0.00154. The molecular formula is C29H32ClNO2S2. The monoisotopic (exact) mass is 525 g/mol. The molecule has 0 radical (unpaired) electrons. The van der Waals surface area contributed by atoms with Crippen LogP contribution in [0.1, 0.15) is 37.0 Å². The Kier molecular flexibility index (Phi) is 9.23. The first-order chi connectivity index (χ1) is 16.9. The molecule has 1 fully saturated rings. The van der Waals surface area contributed by atoms with Gasteiger partial charge >= 0.3 is 0 Å². The summed E-state index contributed by atoms with van der Waals surface area (Å²) in [5.41, 5.74) is 3.57. The molecule has 0 aliphatic carbocycles. The van der Waals surface area contributed by atoms with Gasteiger partial charge in [0.15, 0.2) is 0 Å². The highest BCUT2D eigenvalue weighted by molar-refractivity contribution is 7.99. The number of carbonyl (C=O) groups is 1. The van der Waals surface area contributed by atoms with Crippen molar-refractivity contribution < 1.29 is 9.63 Å². The summed E-state index contributed by atoms with van der Waals surface area (Å²) in [6.07, 6.45) is 0.802. The maximum atomic E-state index is 13.5. The molecule has 1 amide bonds. The highest BCUT2D eigenvalue weighted by atomic mass is 35.5. The Balaban J connectivity index is 1.43. The van der Waals surface area contributed by atoms with E-state index in [1.54, 1.807) is 5.06 Å². The molecule has 0 N–H and O–H groups in total. The van der Waals surface area contributed by atoms with Crippen LogP contribution in [0.3, 0.4) is 0 Å². The van der Waals surface area contributed by atoms with E-state index >= 15 is 0 Å². The van der Waals surface area contributed by atoms with E-state index in [4.69, 9.17) is 16.4 Å². The molecule has 3 aromatic rings. The Morgan fingerprint density at radius 2 is 1.49 bits per heavy atom. The number of amides is 1. The summed E-state index contributed by atoms with van der Waals surface area (Å²) in [6.45, 7) is 4.82. The normalized spacial score (nSPS) is 18.3. The number of benzene rings is 3. The van der Waals surface area contributed by atoms with E-state index in [2.05, 4.69) is 62.4 Å². The second kappa shape index (κ2) is 12.4. The summed E-state index contributed by atoms with van der Waals surface area (Å²) in [4.78, 5) is 19.7. The molecule has 1 heterocycles. The van der Waals surface area contributed by atoms with E-state index in [0.29, 0.717) is 11.6 Å². The van der Waals surface area contributed by atoms with Crippen molar-refractivity contribution in [1.82, 2.24) is 5.06 Å². The van der Waals surface area contributed by atoms with Crippen molar-refractivity contribution in [1.29, 1.82) is 0 Å². The standard InChI is InChI=1S/C29H32ClNO2S2/c1-29(2,35-20-24-11-7-4-8-12-24)27-17-25(21-34-19-23-9-5-3-6-10-23)28(32)31(27)33-18-22-13-15-26(30)16-14-22/h3-16,25,27H,17-21H2,1-2H3. The molecule has 1 aliphatic rings. The van der Waals surface area contributed by atoms with Crippen LogP contribution in [0.2, 0.25) is 5.02 Å². The van der Waals surface area contributed by atoms with Crippen LogP contribution in [0.4, 0.5) is 0 Å². The van der Waals surface area contributed by atoms with Gasteiger partial charge in [-0.1, -0.05) is 84.4 Å². The van der Waals surface area contributed by atoms with Crippen molar-refractivity contribution in [2.24, 2.45) is 5.92 Å². The minimum Gasteiger partial charge on any atom is -0.272 e. The van der Waals surface area contributed by atoms with E-state index in [1.165, 1.54) is 11.1 Å². The highest BCUT2D eigenvalue weighted by Gasteiger charge is 2.47. The van der Waals surface area contributed by atoms with E-state index < -0.39 is 0 Å². The SMILES string of the molecule is CC(C)(SCc1ccccc1)C1CC(CSCc2ccccc2)C(=O)N1OCc1ccc(Cl)cc1. The van der Waals surface area contributed by atoms with Crippen LogP contribution < -0.4 is 0 Å². The van der Waals surface area contributed by atoms with Gasteiger partial charge in [0.25, 0.3) is 0 Å². The van der Waals surface area contributed by atoms with Gasteiger partial charge in [-0.05, 0) is 49.1 Å². The lowest BCUT2D eigenvalue weighted by atomic mass is 9.98. The van der Waals surface area contributed by atoms with E-state index in [1.807, 2.05) is 59.9 Å². The molecule has 35 heavy (non-hydrogen) atoms. The van der Waals surface area contributed by atoms with Crippen LogP contribution in [0.25, 0.3) is 0 Å². The van der Waals surface area contributed by atoms with Crippen molar-refractivity contribution in [3.05, 3.63) is 107 Å². The molecule has 0 bridgehead atoms. The van der Waals surface area contributed by atoms with Crippen molar-refractivity contribution >= 4 is 41.0 Å². The molecule has 0 aromatic heterocycles. The minimum atomic E-state index is -0.162. The molecular weight excluding hydrogens is 494 g/mol. The fraction of sp³-hybridized carbons (Fsp3) is 0.345. The number of thioether (sulfide) groups is 2. The van der Waals surface area contributed by atoms with Crippen molar-refractivity contribution in [2.45, 2.75) is 49.2 Å². The number of rotatable bonds is 11. The first-order valence-electron chi connectivity index (χ1n) is 11.9. The average Bonchev–Trinajstić information content (AvgIpc) is 3.20. The number of nitrogens with zero attached hydrogens (tertiary/aromatic N) is 1. The smallest absolute Gasteiger partial charge is 0.250 e. The number of hydroxylamine groups is 2. The van der Waals surface area contributed by atoms with Gasteiger partial charge in [-0.2, -0.15) is 11.8 Å². The molecule has 1 saturated heterocycles. The predicted octanol–water partition coefficient (Wildman–Crippen LogP) is 7.63. The Morgan fingerprint density at radius 1 is 0.886 bits per heavy atom. The highest BCUT2D eigenvalue weighted by Crippen LogP contribution is 2.42. The second-order valence-corrected chi connectivity index (χ2v) is 12.5. The predicted molar refractivity (Wildman–Crippen MR) is 149 cm³/mol. The Bertz CT molecular complexity index is 1080. The Labute approximate surface area is 222 Å². The van der Waals surface area contributed by atoms with E-state index in [9.17, 15) is 4.79 Å². The number of hydrogen-bond acceptors (Lipinski definition) is 4. The van der Waals surface area contributed by atoms with Crippen LogP contribution >= 0.6 is 35.1 Å². The summed E-state index contributed by atoms with van der Waals surface area (Å²) >= 11 is 9.74. The number of hydrogen-bond donors (Lipinski definition) is 0. The van der Waals surface area contributed by atoms with Crippen molar-refractivity contribution in [2.75, 3.05) is 5.75 Å².